The van der Waals surface area contributed by atoms with E-state index in [1.54, 1.807) is 0 Å². The van der Waals surface area contributed by atoms with E-state index < -0.39 is 6.10 Å². The van der Waals surface area contributed by atoms with Crippen LogP contribution in [0.5, 0.6) is 0 Å². The van der Waals surface area contributed by atoms with E-state index in [2.05, 4.69) is 79.0 Å². The standard InChI is InChI=1S/C25H42O3.C7H16.C2H6.C2H4/c1-19(2)25(27)17-23(26)13-11-9-7-6-8-10-12-21(4)22(5)16-24-15-14-20(3)18-28-24;1-4-6-7(3)5-2;2*1-2/h6-8,10,12,19-20,22,24-25,27H,9,11,13-18H2,1-5H3;7H,4-6H2,1-3H3;1-2H3;1-2H2/b7-6+,10-8+,21-12+;;;. The highest BCUT2D eigenvalue weighted by atomic mass is 16.5. The van der Waals surface area contributed by atoms with Crippen LogP contribution in [0.15, 0.2) is 49.1 Å². The number of hydrogen-bond donors (Lipinski definition) is 1. The van der Waals surface area contributed by atoms with Gasteiger partial charge in [-0.3, -0.25) is 4.79 Å². The maximum Gasteiger partial charge on any atom is 0.135 e. The Kier molecular flexibility index (Phi) is 31.8. The molecule has 1 aliphatic rings. The van der Waals surface area contributed by atoms with Gasteiger partial charge in [-0.25, -0.2) is 0 Å². The van der Waals surface area contributed by atoms with Gasteiger partial charge in [-0.15, -0.1) is 13.2 Å². The van der Waals surface area contributed by atoms with Gasteiger partial charge in [0.25, 0.3) is 0 Å². The molecule has 0 bridgehead atoms. The lowest BCUT2D eigenvalue weighted by Gasteiger charge is -2.29. The van der Waals surface area contributed by atoms with Crippen LogP contribution in [0.25, 0.3) is 0 Å². The van der Waals surface area contributed by atoms with E-state index in [1.807, 2.05) is 33.8 Å². The van der Waals surface area contributed by atoms with Crippen molar-refractivity contribution in [2.24, 2.45) is 23.7 Å². The van der Waals surface area contributed by atoms with E-state index in [9.17, 15) is 9.90 Å². The fourth-order valence-corrected chi connectivity index (χ4v) is 4.00. The van der Waals surface area contributed by atoms with E-state index in [1.165, 1.54) is 37.7 Å². The first-order valence-electron chi connectivity index (χ1n) is 15.9. The summed E-state index contributed by atoms with van der Waals surface area (Å²) in [5.41, 5.74) is 1.39. The zero-order valence-corrected chi connectivity index (χ0v) is 27.8. The van der Waals surface area contributed by atoms with E-state index >= 15 is 0 Å². The molecule has 0 saturated carbocycles. The number of rotatable bonds is 15. The number of Topliss-reactive ketones (excluding diaryl/α,β-unsaturated/α-hetero) is 1. The fraction of sp³-hybridized carbons (Fsp3) is 0.750. The molecule has 39 heavy (non-hydrogen) atoms. The van der Waals surface area contributed by atoms with Gasteiger partial charge in [0.15, 0.2) is 0 Å². The van der Waals surface area contributed by atoms with Crippen molar-refractivity contribution in [3.63, 3.8) is 0 Å². The zero-order chi connectivity index (χ0) is 30.6. The quantitative estimate of drug-likeness (QED) is 0.126. The molecule has 1 aliphatic heterocycles. The van der Waals surface area contributed by atoms with Crippen LogP contribution in [-0.4, -0.2) is 29.7 Å². The first-order valence-corrected chi connectivity index (χ1v) is 15.9. The van der Waals surface area contributed by atoms with Gasteiger partial charge in [-0.05, 0) is 62.7 Å². The molecule has 3 nitrogen and oxygen atoms in total. The Balaban J connectivity index is -0.00000100. The monoisotopic (exact) mass is 549 g/mol. The molecule has 0 aromatic heterocycles. The lowest BCUT2D eigenvalue weighted by atomic mass is 9.90. The highest BCUT2D eigenvalue weighted by Gasteiger charge is 2.21. The SMILES string of the molecule is C=C.CC.CCCC(C)CC.C\C(=C/C=C/C=C/CCCC(=O)CC(O)C(C)C)C(C)CC1CCC(C)CO1. The molecule has 1 saturated heterocycles. The number of aliphatic hydroxyl groups is 1. The number of carbonyl (C=O) groups is 1. The lowest BCUT2D eigenvalue weighted by molar-refractivity contribution is -0.121. The van der Waals surface area contributed by atoms with Crippen LogP contribution in [0.1, 0.15) is 133 Å². The number of hydrogen-bond acceptors (Lipinski definition) is 3. The molecule has 0 spiro atoms. The summed E-state index contributed by atoms with van der Waals surface area (Å²) in [6.45, 7) is 28.3. The second-order valence-corrected chi connectivity index (χ2v) is 11.2. The molecule has 1 heterocycles. The third kappa shape index (κ3) is 26.5. The predicted octanol–water partition coefficient (Wildman–Crippen LogP) is 10.7. The van der Waals surface area contributed by atoms with Crippen LogP contribution >= 0.6 is 0 Å². The molecular weight excluding hydrogens is 480 g/mol. The molecule has 5 unspecified atom stereocenters. The largest absolute Gasteiger partial charge is 0.392 e. The summed E-state index contributed by atoms with van der Waals surface area (Å²) in [6, 6.07) is 0. The minimum atomic E-state index is -0.503. The lowest BCUT2D eigenvalue weighted by Crippen LogP contribution is -2.26. The van der Waals surface area contributed by atoms with Gasteiger partial charge in [0.2, 0.25) is 0 Å². The summed E-state index contributed by atoms with van der Waals surface area (Å²) in [7, 11) is 0. The van der Waals surface area contributed by atoms with Crippen molar-refractivity contribution in [3.8, 4) is 0 Å². The summed E-state index contributed by atoms with van der Waals surface area (Å²) < 4.78 is 5.95. The molecule has 0 aromatic rings. The van der Waals surface area contributed by atoms with Crippen LogP contribution in [0.3, 0.4) is 0 Å². The van der Waals surface area contributed by atoms with Crippen LogP contribution < -0.4 is 0 Å². The average Bonchev–Trinajstić information content (AvgIpc) is 2.93. The van der Waals surface area contributed by atoms with Crippen LogP contribution in [-0.2, 0) is 9.53 Å². The summed E-state index contributed by atoms with van der Waals surface area (Å²) in [4.78, 5) is 11.8. The van der Waals surface area contributed by atoms with Crippen molar-refractivity contribution >= 4 is 5.78 Å². The summed E-state index contributed by atoms with van der Waals surface area (Å²) >= 11 is 0. The zero-order valence-electron chi connectivity index (χ0n) is 27.8. The van der Waals surface area contributed by atoms with Crippen molar-refractivity contribution in [2.45, 2.75) is 146 Å². The van der Waals surface area contributed by atoms with Crippen molar-refractivity contribution in [1.82, 2.24) is 0 Å². The third-order valence-electron chi connectivity index (χ3n) is 7.22. The van der Waals surface area contributed by atoms with Gasteiger partial charge in [-0.1, -0.05) is 118 Å². The van der Waals surface area contributed by atoms with Crippen LogP contribution in [0.2, 0.25) is 0 Å². The van der Waals surface area contributed by atoms with E-state index in [0.717, 1.165) is 31.8 Å². The van der Waals surface area contributed by atoms with Crippen molar-refractivity contribution in [1.29, 1.82) is 0 Å². The van der Waals surface area contributed by atoms with Gasteiger partial charge in [-0.2, -0.15) is 0 Å². The van der Waals surface area contributed by atoms with Gasteiger partial charge >= 0.3 is 0 Å². The second-order valence-electron chi connectivity index (χ2n) is 11.2. The number of ketones is 1. The first kappa shape index (κ1) is 42.0. The minimum absolute atomic E-state index is 0.145. The Morgan fingerprint density at radius 1 is 1.05 bits per heavy atom. The normalized spacial score (nSPS) is 19.7. The average molecular weight is 549 g/mol. The van der Waals surface area contributed by atoms with Gasteiger partial charge in [0.1, 0.15) is 5.78 Å². The Morgan fingerprint density at radius 3 is 2.18 bits per heavy atom. The van der Waals surface area contributed by atoms with Gasteiger partial charge in [0.05, 0.1) is 12.2 Å². The number of ether oxygens (including phenoxy) is 1. The molecule has 1 N–H and O–H groups in total. The minimum Gasteiger partial charge on any atom is -0.392 e. The first-order chi connectivity index (χ1) is 18.6. The summed E-state index contributed by atoms with van der Waals surface area (Å²) in [5, 5.41) is 9.73. The number of aliphatic hydroxyl groups excluding tert-OH is 1. The topological polar surface area (TPSA) is 46.5 Å². The Hall–Kier alpha value is -1.45. The van der Waals surface area contributed by atoms with Crippen molar-refractivity contribution < 1.29 is 14.6 Å². The third-order valence-corrected chi connectivity index (χ3v) is 7.22. The summed E-state index contributed by atoms with van der Waals surface area (Å²) in [5.74, 6) is 2.51. The van der Waals surface area contributed by atoms with Crippen LogP contribution in [0.4, 0.5) is 0 Å². The Bertz CT molecular complexity index is 623. The summed E-state index contributed by atoms with van der Waals surface area (Å²) in [6.07, 6.45) is 20.7. The highest BCUT2D eigenvalue weighted by Crippen LogP contribution is 2.26. The smallest absolute Gasteiger partial charge is 0.135 e. The Morgan fingerprint density at radius 2 is 1.69 bits per heavy atom. The number of carbonyl (C=O) groups excluding carboxylic acids is 1. The molecule has 3 heteroatoms. The van der Waals surface area contributed by atoms with E-state index in [0.29, 0.717) is 24.4 Å². The fourth-order valence-electron chi connectivity index (χ4n) is 4.00. The van der Waals surface area contributed by atoms with Gasteiger partial charge in [0, 0.05) is 19.4 Å². The van der Waals surface area contributed by atoms with E-state index in [-0.39, 0.29) is 18.1 Å². The Labute approximate surface area is 245 Å². The molecule has 5 atom stereocenters. The molecule has 0 aliphatic carbocycles. The van der Waals surface area contributed by atoms with Crippen molar-refractivity contribution in [3.05, 3.63) is 49.1 Å². The maximum atomic E-state index is 11.8. The predicted molar refractivity (Wildman–Crippen MR) is 175 cm³/mol. The molecule has 0 aromatic carbocycles. The molecule has 0 radical (unpaired) electrons. The maximum absolute atomic E-state index is 11.8. The van der Waals surface area contributed by atoms with Gasteiger partial charge < -0.3 is 9.84 Å². The molecule has 1 rings (SSSR count). The highest BCUT2D eigenvalue weighted by molar-refractivity contribution is 5.78. The second kappa shape index (κ2) is 29.5. The molecule has 0 amide bonds. The van der Waals surface area contributed by atoms with Crippen molar-refractivity contribution in [2.75, 3.05) is 6.61 Å². The molecule has 1 fully saturated rings. The molecule has 230 valence electrons. The molecular formula is C36H68O3. The number of unbranched alkanes of at least 4 members (excludes halogenated alkanes) is 1. The number of allylic oxidation sites excluding steroid dienone is 6. The van der Waals surface area contributed by atoms with Crippen LogP contribution in [0, 0.1) is 23.7 Å². The van der Waals surface area contributed by atoms with E-state index in [4.69, 9.17) is 4.74 Å².